The lowest BCUT2D eigenvalue weighted by atomic mass is 9.85. The molecule has 0 radical (unpaired) electrons. The van der Waals surface area contributed by atoms with Crippen LogP contribution in [-0.4, -0.2) is 16.1 Å². The number of ether oxygens (including phenoxy) is 1. The lowest BCUT2D eigenvalue weighted by Gasteiger charge is -2.23. The van der Waals surface area contributed by atoms with Crippen molar-refractivity contribution in [2.24, 2.45) is 0 Å². The van der Waals surface area contributed by atoms with Crippen molar-refractivity contribution in [3.63, 3.8) is 0 Å². The maximum absolute atomic E-state index is 10.7. The van der Waals surface area contributed by atoms with Crippen molar-refractivity contribution in [1.82, 2.24) is 4.98 Å². The van der Waals surface area contributed by atoms with E-state index in [1.807, 2.05) is 6.07 Å². The zero-order valence-electron chi connectivity index (χ0n) is 14.0. The van der Waals surface area contributed by atoms with Crippen molar-refractivity contribution in [3.8, 4) is 5.75 Å². The summed E-state index contributed by atoms with van der Waals surface area (Å²) in [4.78, 5) is 15.0. The summed E-state index contributed by atoms with van der Waals surface area (Å²) in [6.45, 7) is 9.01. The first-order chi connectivity index (χ1) is 10.8. The van der Waals surface area contributed by atoms with E-state index in [4.69, 9.17) is 9.84 Å². The van der Waals surface area contributed by atoms with E-state index in [2.05, 4.69) is 44.8 Å². The third-order valence-corrected chi connectivity index (χ3v) is 4.41. The SMILES string of the molecule is CCc1ccc(OCc2nc(CC(=O)O)cs2)c(C(C)(C)C)c1. The van der Waals surface area contributed by atoms with E-state index in [1.165, 1.54) is 22.5 Å². The molecule has 1 aromatic heterocycles. The fourth-order valence-corrected chi connectivity index (χ4v) is 3.00. The Kier molecular flexibility index (Phi) is 5.42. The minimum atomic E-state index is -0.868. The molecule has 2 aromatic rings. The Bertz CT molecular complexity index is 686. The van der Waals surface area contributed by atoms with E-state index in [9.17, 15) is 4.79 Å². The van der Waals surface area contributed by atoms with E-state index in [0.29, 0.717) is 12.3 Å². The number of rotatable bonds is 6. The largest absolute Gasteiger partial charge is 0.486 e. The summed E-state index contributed by atoms with van der Waals surface area (Å²) in [5.74, 6) is -0.00220. The highest BCUT2D eigenvalue weighted by molar-refractivity contribution is 7.09. The number of aromatic nitrogens is 1. The molecule has 0 amide bonds. The average Bonchev–Trinajstić information content (AvgIpc) is 2.90. The molecule has 2 rings (SSSR count). The molecule has 23 heavy (non-hydrogen) atoms. The van der Waals surface area contributed by atoms with Crippen molar-refractivity contribution in [1.29, 1.82) is 0 Å². The van der Waals surface area contributed by atoms with Crippen molar-refractivity contribution >= 4 is 17.3 Å². The number of carboxylic acid groups (broad SMARTS) is 1. The van der Waals surface area contributed by atoms with Crippen molar-refractivity contribution < 1.29 is 14.6 Å². The van der Waals surface area contributed by atoms with Gasteiger partial charge in [-0.25, -0.2) is 4.98 Å². The minimum absolute atomic E-state index is 0.00212. The maximum atomic E-state index is 10.7. The predicted octanol–water partition coefficient (Wildman–Crippen LogP) is 4.21. The van der Waals surface area contributed by atoms with Crippen LogP contribution >= 0.6 is 11.3 Å². The monoisotopic (exact) mass is 333 g/mol. The van der Waals surface area contributed by atoms with Gasteiger partial charge >= 0.3 is 5.97 Å². The van der Waals surface area contributed by atoms with Crippen LogP contribution in [-0.2, 0) is 29.7 Å². The Balaban J connectivity index is 2.14. The fraction of sp³-hybridized carbons (Fsp3) is 0.444. The summed E-state index contributed by atoms with van der Waals surface area (Å²) in [6, 6.07) is 6.31. The van der Waals surface area contributed by atoms with Gasteiger partial charge in [-0.05, 0) is 29.0 Å². The van der Waals surface area contributed by atoms with Crippen LogP contribution in [0, 0.1) is 0 Å². The van der Waals surface area contributed by atoms with Gasteiger partial charge in [-0.3, -0.25) is 4.79 Å². The Labute approximate surface area is 141 Å². The number of hydrogen-bond donors (Lipinski definition) is 1. The molecule has 0 aliphatic heterocycles. The van der Waals surface area contributed by atoms with Gasteiger partial charge in [-0.2, -0.15) is 0 Å². The van der Waals surface area contributed by atoms with Gasteiger partial charge in [0.1, 0.15) is 17.4 Å². The molecule has 4 nitrogen and oxygen atoms in total. The second-order valence-electron chi connectivity index (χ2n) is 6.53. The maximum Gasteiger partial charge on any atom is 0.309 e. The first-order valence-electron chi connectivity index (χ1n) is 7.71. The highest BCUT2D eigenvalue weighted by Crippen LogP contribution is 2.33. The highest BCUT2D eigenvalue weighted by Gasteiger charge is 2.19. The topological polar surface area (TPSA) is 59.4 Å². The lowest BCUT2D eigenvalue weighted by molar-refractivity contribution is -0.136. The molecule has 124 valence electrons. The summed E-state index contributed by atoms with van der Waals surface area (Å²) in [6.07, 6.45) is 0.948. The van der Waals surface area contributed by atoms with Crippen LogP contribution in [0.5, 0.6) is 5.75 Å². The van der Waals surface area contributed by atoms with E-state index in [-0.39, 0.29) is 11.8 Å². The number of carboxylic acids is 1. The van der Waals surface area contributed by atoms with Crippen LogP contribution in [0.3, 0.4) is 0 Å². The van der Waals surface area contributed by atoms with Gasteiger partial charge in [0.2, 0.25) is 0 Å². The first-order valence-corrected chi connectivity index (χ1v) is 8.59. The van der Waals surface area contributed by atoms with Gasteiger partial charge in [-0.15, -0.1) is 11.3 Å². The molecule has 1 heterocycles. The van der Waals surface area contributed by atoms with Gasteiger partial charge in [0, 0.05) is 5.38 Å². The van der Waals surface area contributed by atoms with Crippen LogP contribution in [0.2, 0.25) is 0 Å². The number of thiazole rings is 1. The Morgan fingerprint density at radius 2 is 2.09 bits per heavy atom. The van der Waals surface area contributed by atoms with Crippen molar-refractivity contribution in [2.75, 3.05) is 0 Å². The number of hydrogen-bond acceptors (Lipinski definition) is 4. The van der Waals surface area contributed by atoms with Crippen LogP contribution in [0.1, 0.15) is 49.5 Å². The number of aliphatic carboxylic acids is 1. The van der Waals surface area contributed by atoms with E-state index >= 15 is 0 Å². The molecule has 0 spiro atoms. The Morgan fingerprint density at radius 1 is 1.35 bits per heavy atom. The van der Waals surface area contributed by atoms with Crippen LogP contribution < -0.4 is 4.74 Å². The second kappa shape index (κ2) is 7.13. The molecule has 0 bridgehead atoms. The summed E-state index contributed by atoms with van der Waals surface area (Å²) < 4.78 is 5.97. The van der Waals surface area contributed by atoms with Gasteiger partial charge < -0.3 is 9.84 Å². The fourth-order valence-electron chi connectivity index (χ4n) is 2.30. The number of carbonyl (C=O) groups is 1. The molecule has 0 fully saturated rings. The molecule has 0 saturated heterocycles. The van der Waals surface area contributed by atoms with E-state index < -0.39 is 5.97 Å². The summed E-state index contributed by atoms with van der Waals surface area (Å²) in [7, 11) is 0. The number of aryl methyl sites for hydroxylation is 1. The predicted molar refractivity (Wildman–Crippen MR) is 92.3 cm³/mol. The molecule has 0 aliphatic carbocycles. The summed E-state index contributed by atoms with van der Waals surface area (Å²) in [5.41, 5.74) is 3.05. The number of nitrogens with zero attached hydrogens (tertiary/aromatic N) is 1. The molecule has 5 heteroatoms. The van der Waals surface area contributed by atoms with Gasteiger partial charge in [0.25, 0.3) is 0 Å². The Hall–Kier alpha value is -1.88. The third kappa shape index (κ3) is 4.79. The first kappa shape index (κ1) is 17.5. The molecule has 1 aromatic carbocycles. The van der Waals surface area contributed by atoms with Gasteiger partial charge in [-0.1, -0.05) is 39.8 Å². The van der Waals surface area contributed by atoms with Crippen molar-refractivity contribution in [2.45, 2.75) is 52.6 Å². The minimum Gasteiger partial charge on any atom is -0.486 e. The second-order valence-corrected chi connectivity index (χ2v) is 7.47. The zero-order chi connectivity index (χ0) is 17.0. The quantitative estimate of drug-likeness (QED) is 0.860. The van der Waals surface area contributed by atoms with Crippen molar-refractivity contribution in [3.05, 3.63) is 45.4 Å². The van der Waals surface area contributed by atoms with Crippen LogP contribution in [0.4, 0.5) is 0 Å². The standard InChI is InChI=1S/C18H23NO3S/c1-5-12-6-7-15(14(8-12)18(2,3)4)22-10-16-19-13(11-23-16)9-17(20)21/h6-8,11H,5,9-10H2,1-4H3,(H,20,21). The van der Waals surface area contributed by atoms with Gasteiger partial charge in [0.05, 0.1) is 12.1 Å². The molecule has 1 N–H and O–H groups in total. The average molecular weight is 333 g/mol. The molecule has 0 unspecified atom stereocenters. The summed E-state index contributed by atoms with van der Waals surface area (Å²) in [5, 5.41) is 11.4. The smallest absolute Gasteiger partial charge is 0.309 e. The molecule has 0 saturated carbocycles. The molecule has 0 aliphatic rings. The Morgan fingerprint density at radius 3 is 2.70 bits per heavy atom. The third-order valence-electron chi connectivity index (χ3n) is 3.54. The van der Waals surface area contributed by atoms with E-state index in [1.54, 1.807) is 5.38 Å². The van der Waals surface area contributed by atoms with Gasteiger partial charge in [0.15, 0.2) is 0 Å². The zero-order valence-corrected chi connectivity index (χ0v) is 14.9. The highest BCUT2D eigenvalue weighted by atomic mass is 32.1. The summed E-state index contributed by atoms with van der Waals surface area (Å²) >= 11 is 1.43. The van der Waals surface area contributed by atoms with Crippen LogP contribution in [0.25, 0.3) is 0 Å². The normalized spacial score (nSPS) is 11.5. The number of benzene rings is 1. The molecule has 0 atom stereocenters. The van der Waals surface area contributed by atoms with Crippen LogP contribution in [0.15, 0.2) is 23.6 Å². The molecular formula is C18H23NO3S. The lowest BCUT2D eigenvalue weighted by Crippen LogP contribution is -2.14. The van der Waals surface area contributed by atoms with E-state index in [0.717, 1.165) is 17.2 Å². The molecular weight excluding hydrogens is 310 g/mol.